The highest BCUT2D eigenvalue weighted by Gasteiger charge is 2.33. The van der Waals surface area contributed by atoms with E-state index in [0.717, 1.165) is 11.1 Å². The molecule has 0 radical (unpaired) electrons. The Morgan fingerprint density at radius 1 is 0.651 bits per heavy atom. The van der Waals surface area contributed by atoms with Crippen molar-refractivity contribution in [3.05, 3.63) is 71.8 Å². The van der Waals surface area contributed by atoms with Crippen molar-refractivity contribution in [1.82, 2.24) is 21.3 Å². The zero-order chi connectivity index (χ0) is 32.1. The maximum absolute atomic E-state index is 13.6. The summed E-state index contributed by atoms with van der Waals surface area (Å²) in [5, 5.41) is 19.8. The molecule has 11 nitrogen and oxygen atoms in total. The molecular weight excluding hydrogens is 550 g/mol. The first kappa shape index (κ1) is 34.9. The first-order valence-corrected chi connectivity index (χ1v) is 14.6. The molecule has 4 amide bonds. The number of rotatable bonds is 16. The summed E-state index contributed by atoms with van der Waals surface area (Å²) in [7, 11) is 0. The first-order chi connectivity index (χ1) is 20.3. The fourth-order valence-electron chi connectivity index (χ4n) is 4.43. The first-order valence-electron chi connectivity index (χ1n) is 14.6. The van der Waals surface area contributed by atoms with Crippen molar-refractivity contribution in [1.29, 1.82) is 0 Å². The van der Waals surface area contributed by atoms with Crippen LogP contribution in [0.4, 0.5) is 0 Å². The van der Waals surface area contributed by atoms with Crippen LogP contribution in [0.15, 0.2) is 60.7 Å². The van der Waals surface area contributed by atoms with E-state index >= 15 is 0 Å². The third-order valence-corrected chi connectivity index (χ3v) is 6.87. The van der Waals surface area contributed by atoms with Crippen LogP contribution >= 0.6 is 0 Å². The second-order valence-electron chi connectivity index (χ2n) is 11.5. The number of amides is 4. The Kier molecular flexibility index (Phi) is 13.8. The van der Waals surface area contributed by atoms with Gasteiger partial charge in [0.05, 0.1) is 6.04 Å². The van der Waals surface area contributed by atoms with Gasteiger partial charge in [-0.05, 0) is 42.7 Å². The van der Waals surface area contributed by atoms with E-state index in [4.69, 9.17) is 5.73 Å². The standard InChI is InChI=1S/C32H45N5O6/c1-19(2)16-25(29(39)34-21(5)32(42)43)36-31(41)27(20(3)4)37-30(40)26(18-23-14-10-7-11-15-23)35-28(38)24(33)17-22-12-8-6-9-13-22/h6-15,19-21,24-27H,16-18,33H2,1-5H3,(H,34,39)(H,35,38)(H,36,41)(H,37,40)(H,42,43). The van der Waals surface area contributed by atoms with Crippen molar-refractivity contribution >= 4 is 29.6 Å². The molecule has 234 valence electrons. The molecule has 0 aliphatic heterocycles. The van der Waals surface area contributed by atoms with E-state index in [0.29, 0.717) is 0 Å². The maximum Gasteiger partial charge on any atom is 0.325 e. The molecule has 0 saturated carbocycles. The van der Waals surface area contributed by atoms with Crippen LogP contribution in [0.2, 0.25) is 0 Å². The van der Waals surface area contributed by atoms with Gasteiger partial charge in [0, 0.05) is 6.42 Å². The number of aliphatic carboxylic acids is 1. The molecule has 43 heavy (non-hydrogen) atoms. The quantitative estimate of drug-likeness (QED) is 0.170. The van der Waals surface area contributed by atoms with E-state index < -0.39 is 59.8 Å². The van der Waals surface area contributed by atoms with Gasteiger partial charge in [0.25, 0.3) is 0 Å². The van der Waals surface area contributed by atoms with Crippen LogP contribution in [0, 0.1) is 11.8 Å². The predicted molar refractivity (Wildman–Crippen MR) is 164 cm³/mol. The summed E-state index contributed by atoms with van der Waals surface area (Å²) in [4.78, 5) is 64.2. The lowest BCUT2D eigenvalue weighted by atomic mass is 9.98. The number of nitrogens with two attached hydrogens (primary N) is 1. The van der Waals surface area contributed by atoms with Crippen molar-refractivity contribution in [2.75, 3.05) is 0 Å². The van der Waals surface area contributed by atoms with Crippen molar-refractivity contribution < 1.29 is 29.1 Å². The molecule has 0 fully saturated rings. The van der Waals surface area contributed by atoms with Gasteiger partial charge in [-0.3, -0.25) is 24.0 Å². The number of nitrogens with one attached hydrogen (secondary N) is 4. The highest BCUT2D eigenvalue weighted by atomic mass is 16.4. The molecule has 5 unspecified atom stereocenters. The van der Waals surface area contributed by atoms with Crippen LogP contribution in [0.3, 0.4) is 0 Å². The summed E-state index contributed by atoms with van der Waals surface area (Å²) in [5.74, 6) is -3.89. The zero-order valence-electron chi connectivity index (χ0n) is 25.5. The van der Waals surface area contributed by atoms with E-state index in [-0.39, 0.29) is 31.1 Å². The SMILES string of the molecule is CC(C)CC(NC(=O)C(NC(=O)C(Cc1ccccc1)NC(=O)C(N)Cc1ccccc1)C(C)C)C(=O)NC(C)C(=O)O. The van der Waals surface area contributed by atoms with Crippen LogP contribution in [0.1, 0.15) is 52.2 Å². The number of hydrogen-bond donors (Lipinski definition) is 6. The molecular formula is C32H45N5O6. The van der Waals surface area contributed by atoms with Crippen molar-refractivity contribution in [2.45, 2.75) is 84.1 Å². The second kappa shape index (κ2) is 17.0. The predicted octanol–water partition coefficient (Wildman–Crippen LogP) is 1.54. The van der Waals surface area contributed by atoms with E-state index in [1.54, 1.807) is 13.8 Å². The average Bonchev–Trinajstić information content (AvgIpc) is 2.95. The lowest BCUT2D eigenvalue weighted by Gasteiger charge is -2.28. The van der Waals surface area contributed by atoms with Gasteiger partial charge in [-0.25, -0.2) is 0 Å². The van der Waals surface area contributed by atoms with E-state index in [9.17, 15) is 29.1 Å². The highest BCUT2D eigenvalue weighted by Crippen LogP contribution is 2.11. The Bertz CT molecular complexity index is 1220. The highest BCUT2D eigenvalue weighted by molar-refractivity contribution is 5.95. The number of hydrogen-bond acceptors (Lipinski definition) is 6. The Balaban J connectivity index is 2.21. The topological polar surface area (TPSA) is 180 Å². The Morgan fingerprint density at radius 3 is 1.63 bits per heavy atom. The van der Waals surface area contributed by atoms with E-state index in [1.165, 1.54) is 6.92 Å². The zero-order valence-corrected chi connectivity index (χ0v) is 25.5. The Hall–Kier alpha value is -4.25. The lowest BCUT2D eigenvalue weighted by molar-refractivity contribution is -0.142. The Morgan fingerprint density at radius 2 is 1.14 bits per heavy atom. The largest absolute Gasteiger partial charge is 0.480 e. The fraction of sp³-hybridized carbons (Fsp3) is 0.469. The normalized spacial score (nSPS) is 14.6. The molecule has 0 heterocycles. The summed E-state index contributed by atoms with van der Waals surface area (Å²) in [6.07, 6.45) is 0.701. The van der Waals surface area contributed by atoms with Crippen molar-refractivity contribution in [2.24, 2.45) is 17.6 Å². The second-order valence-corrected chi connectivity index (χ2v) is 11.5. The van der Waals surface area contributed by atoms with Gasteiger partial charge in [0.15, 0.2) is 0 Å². The van der Waals surface area contributed by atoms with Gasteiger partial charge < -0.3 is 32.1 Å². The minimum atomic E-state index is -1.20. The number of carbonyl (C=O) groups is 5. The summed E-state index contributed by atoms with van der Waals surface area (Å²) in [6.45, 7) is 8.56. The van der Waals surface area contributed by atoms with Crippen molar-refractivity contribution in [3.63, 3.8) is 0 Å². The number of carboxylic acid groups (broad SMARTS) is 1. The molecule has 2 aromatic carbocycles. The molecule has 2 rings (SSSR count). The van der Waals surface area contributed by atoms with Gasteiger partial charge in [0.2, 0.25) is 23.6 Å². The summed E-state index contributed by atoms with van der Waals surface area (Å²) in [5.41, 5.74) is 7.86. The number of benzene rings is 2. The van der Waals surface area contributed by atoms with Crippen LogP contribution in [-0.2, 0) is 36.8 Å². The monoisotopic (exact) mass is 595 g/mol. The summed E-state index contributed by atoms with van der Waals surface area (Å²) >= 11 is 0. The Labute approximate surface area is 253 Å². The molecule has 5 atom stereocenters. The molecule has 2 aromatic rings. The summed E-state index contributed by atoms with van der Waals surface area (Å²) in [6, 6.07) is 13.3. The van der Waals surface area contributed by atoms with Gasteiger partial charge in [0.1, 0.15) is 24.2 Å². The molecule has 0 aliphatic carbocycles. The third kappa shape index (κ3) is 11.9. The number of carbonyl (C=O) groups excluding carboxylic acids is 4. The summed E-state index contributed by atoms with van der Waals surface area (Å²) < 4.78 is 0. The van der Waals surface area contributed by atoms with Crippen molar-refractivity contribution in [3.8, 4) is 0 Å². The average molecular weight is 596 g/mol. The van der Waals surface area contributed by atoms with Crippen LogP contribution in [-0.4, -0.2) is 64.9 Å². The molecule has 7 N–H and O–H groups in total. The van der Waals surface area contributed by atoms with Crippen LogP contribution in [0.25, 0.3) is 0 Å². The molecule has 0 aliphatic rings. The van der Waals surface area contributed by atoms with E-state index in [2.05, 4.69) is 21.3 Å². The van der Waals surface area contributed by atoms with Gasteiger partial charge in [-0.1, -0.05) is 88.4 Å². The molecule has 11 heteroatoms. The minimum absolute atomic E-state index is 0.00818. The molecule has 0 saturated heterocycles. The lowest BCUT2D eigenvalue weighted by Crippen LogP contribution is -2.60. The van der Waals surface area contributed by atoms with Gasteiger partial charge in [-0.15, -0.1) is 0 Å². The fourth-order valence-corrected chi connectivity index (χ4v) is 4.43. The molecule has 0 bridgehead atoms. The van der Waals surface area contributed by atoms with Crippen LogP contribution < -0.4 is 27.0 Å². The number of carboxylic acids is 1. The van der Waals surface area contributed by atoms with Gasteiger partial charge in [-0.2, -0.15) is 0 Å². The molecule has 0 spiro atoms. The van der Waals surface area contributed by atoms with Crippen LogP contribution in [0.5, 0.6) is 0 Å². The third-order valence-electron chi connectivity index (χ3n) is 6.87. The molecule has 0 aromatic heterocycles. The van der Waals surface area contributed by atoms with Gasteiger partial charge >= 0.3 is 5.97 Å². The smallest absolute Gasteiger partial charge is 0.325 e. The minimum Gasteiger partial charge on any atom is -0.480 e. The van der Waals surface area contributed by atoms with E-state index in [1.807, 2.05) is 74.5 Å². The maximum atomic E-state index is 13.6.